The topological polar surface area (TPSA) is 84.4 Å². The van der Waals surface area contributed by atoms with E-state index in [0.717, 1.165) is 12.1 Å². The molecule has 0 saturated carbocycles. The van der Waals surface area contributed by atoms with Crippen molar-refractivity contribution >= 4 is 21.5 Å². The fourth-order valence-corrected chi connectivity index (χ4v) is 2.77. The minimum absolute atomic E-state index is 0.0597. The van der Waals surface area contributed by atoms with Crippen molar-refractivity contribution in [2.45, 2.75) is 4.90 Å². The Balaban J connectivity index is 2.42. The minimum Gasteiger partial charge on any atom is -0.467 e. The standard InChI is InChI=1S/C13H14F2N4O3S/c1-19(2)12-11(7-16-13(17-12)22-3)18-23(20,21)8-4-5-9(14)10(15)6-8/h4-7,18H,1-3H3. The Bertz CT molecular complexity index is 828. The van der Waals surface area contributed by atoms with E-state index in [1.54, 1.807) is 19.0 Å². The van der Waals surface area contributed by atoms with Crippen LogP contribution in [0.5, 0.6) is 6.01 Å². The van der Waals surface area contributed by atoms with Gasteiger partial charge in [0, 0.05) is 14.1 Å². The van der Waals surface area contributed by atoms with Gasteiger partial charge in [-0.25, -0.2) is 22.2 Å². The van der Waals surface area contributed by atoms with Crippen molar-refractivity contribution in [1.29, 1.82) is 0 Å². The van der Waals surface area contributed by atoms with Crippen LogP contribution in [0.2, 0.25) is 0 Å². The molecule has 0 atom stereocenters. The zero-order chi connectivity index (χ0) is 17.2. The third-order valence-corrected chi connectivity index (χ3v) is 4.16. The molecule has 0 fully saturated rings. The maximum absolute atomic E-state index is 13.2. The van der Waals surface area contributed by atoms with E-state index < -0.39 is 26.6 Å². The highest BCUT2D eigenvalue weighted by Crippen LogP contribution is 2.26. The molecule has 0 spiro atoms. The number of hydrogen-bond acceptors (Lipinski definition) is 6. The zero-order valence-electron chi connectivity index (χ0n) is 12.5. The minimum atomic E-state index is -4.13. The molecule has 0 unspecified atom stereocenters. The summed E-state index contributed by atoms with van der Waals surface area (Å²) in [5.74, 6) is -2.14. The first kappa shape index (κ1) is 16.9. The highest BCUT2D eigenvalue weighted by atomic mass is 32.2. The van der Waals surface area contributed by atoms with Crippen LogP contribution >= 0.6 is 0 Å². The third kappa shape index (κ3) is 3.65. The Labute approximate surface area is 132 Å². The van der Waals surface area contributed by atoms with Crippen LogP contribution < -0.4 is 14.4 Å². The fourth-order valence-electron chi connectivity index (χ4n) is 1.72. The molecular weight excluding hydrogens is 330 g/mol. The zero-order valence-corrected chi connectivity index (χ0v) is 13.4. The van der Waals surface area contributed by atoms with Gasteiger partial charge in [0.2, 0.25) is 0 Å². The molecule has 0 aliphatic rings. The van der Waals surface area contributed by atoms with Crippen LogP contribution in [-0.2, 0) is 10.0 Å². The summed E-state index contributed by atoms with van der Waals surface area (Å²) in [6.45, 7) is 0. The maximum atomic E-state index is 13.2. The van der Waals surface area contributed by atoms with E-state index in [9.17, 15) is 17.2 Å². The summed E-state index contributed by atoms with van der Waals surface area (Å²) in [6, 6.07) is 2.35. The number of nitrogens with zero attached hydrogens (tertiary/aromatic N) is 3. The lowest BCUT2D eigenvalue weighted by molar-refractivity contribution is 0.380. The van der Waals surface area contributed by atoms with Crippen molar-refractivity contribution in [1.82, 2.24) is 9.97 Å². The van der Waals surface area contributed by atoms with Crippen molar-refractivity contribution in [2.24, 2.45) is 0 Å². The van der Waals surface area contributed by atoms with Crippen LogP contribution in [-0.4, -0.2) is 39.6 Å². The highest BCUT2D eigenvalue weighted by Gasteiger charge is 2.20. The number of benzene rings is 1. The van der Waals surface area contributed by atoms with Crippen LogP contribution in [0.3, 0.4) is 0 Å². The van der Waals surface area contributed by atoms with Crippen molar-refractivity contribution in [3.05, 3.63) is 36.0 Å². The van der Waals surface area contributed by atoms with Crippen molar-refractivity contribution in [3.8, 4) is 6.01 Å². The summed E-state index contributed by atoms with van der Waals surface area (Å²) < 4.78 is 57.9. The van der Waals surface area contributed by atoms with Gasteiger partial charge in [-0.3, -0.25) is 4.72 Å². The summed E-state index contributed by atoms with van der Waals surface area (Å²) in [6.07, 6.45) is 1.22. The molecule has 0 amide bonds. The van der Waals surface area contributed by atoms with E-state index in [1.807, 2.05) is 0 Å². The molecule has 0 radical (unpaired) electrons. The lowest BCUT2D eigenvalue weighted by Crippen LogP contribution is -2.19. The maximum Gasteiger partial charge on any atom is 0.318 e. The molecule has 10 heteroatoms. The second kappa shape index (κ2) is 6.32. The van der Waals surface area contributed by atoms with Gasteiger partial charge in [-0.1, -0.05) is 0 Å². The number of hydrogen-bond donors (Lipinski definition) is 1. The van der Waals surface area contributed by atoms with Crippen molar-refractivity contribution in [3.63, 3.8) is 0 Å². The molecule has 1 aromatic carbocycles. The smallest absolute Gasteiger partial charge is 0.318 e. The summed E-state index contributed by atoms with van der Waals surface area (Å²) in [4.78, 5) is 8.99. The molecule has 23 heavy (non-hydrogen) atoms. The first-order chi connectivity index (χ1) is 10.7. The molecule has 124 valence electrons. The van der Waals surface area contributed by atoms with Crippen LogP contribution in [0.25, 0.3) is 0 Å². The fraction of sp³-hybridized carbons (Fsp3) is 0.231. The average Bonchev–Trinajstić information content (AvgIpc) is 2.49. The Morgan fingerprint density at radius 3 is 2.48 bits per heavy atom. The summed E-state index contributed by atoms with van der Waals surface area (Å²) >= 11 is 0. The number of halogens is 2. The van der Waals surface area contributed by atoms with E-state index in [1.165, 1.54) is 13.3 Å². The van der Waals surface area contributed by atoms with E-state index in [0.29, 0.717) is 6.07 Å². The Morgan fingerprint density at radius 1 is 1.22 bits per heavy atom. The summed E-state index contributed by atoms with van der Waals surface area (Å²) in [5, 5.41) is 0. The number of nitrogens with one attached hydrogen (secondary N) is 1. The highest BCUT2D eigenvalue weighted by molar-refractivity contribution is 7.92. The average molecular weight is 344 g/mol. The van der Waals surface area contributed by atoms with E-state index >= 15 is 0 Å². The van der Waals surface area contributed by atoms with Crippen molar-refractivity contribution in [2.75, 3.05) is 30.8 Å². The normalized spacial score (nSPS) is 11.2. The SMILES string of the molecule is COc1ncc(NS(=O)(=O)c2ccc(F)c(F)c2)c(N(C)C)n1. The number of anilines is 2. The monoisotopic (exact) mass is 344 g/mol. The molecule has 2 aromatic rings. The molecule has 2 rings (SSSR count). The summed E-state index contributed by atoms with van der Waals surface area (Å²) in [5.41, 5.74) is 0.0699. The van der Waals surface area contributed by atoms with Gasteiger partial charge in [0.15, 0.2) is 17.5 Å². The van der Waals surface area contributed by atoms with Crippen LogP contribution in [0.1, 0.15) is 0 Å². The van der Waals surface area contributed by atoms with E-state index in [2.05, 4.69) is 14.7 Å². The predicted molar refractivity (Wildman–Crippen MR) is 80.1 cm³/mol. The van der Waals surface area contributed by atoms with Crippen LogP contribution in [0.4, 0.5) is 20.3 Å². The largest absolute Gasteiger partial charge is 0.467 e. The molecule has 0 bridgehead atoms. The summed E-state index contributed by atoms with van der Waals surface area (Å²) in [7, 11) is 0.542. The first-order valence-electron chi connectivity index (χ1n) is 6.31. The molecule has 1 heterocycles. The Kier molecular flexibility index (Phi) is 4.64. The number of ether oxygens (including phenoxy) is 1. The van der Waals surface area contributed by atoms with Gasteiger partial charge in [-0.05, 0) is 18.2 Å². The Morgan fingerprint density at radius 2 is 1.91 bits per heavy atom. The van der Waals surface area contributed by atoms with Gasteiger partial charge < -0.3 is 9.64 Å². The first-order valence-corrected chi connectivity index (χ1v) is 7.79. The van der Waals surface area contributed by atoms with E-state index in [4.69, 9.17) is 4.74 Å². The molecule has 1 N–H and O–H groups in total. The van der Waals surface area contributed by atoms with Gasteiger partial charge >= 0.3 is 6.01 Å². The Hall–Kier alpha value is -2.49. The number of aromatic nitrogens is 2. The third-order valence-electron chi connectivity index (χ3n) is 2.80. The number of methoxy groups -OCH3 is 1. The molecule has 0 aliphatic carbocycles. The van der Waals surface area contributed by atoms with Gasteiger partial charge in [-0.2, -0.15) is 4.98 Å². The molecular formula is C13H14F2N4O3S. The predicted octanol–water partition coefficient (Wildman–Crippen LogP) is 1.63. The van der Waals surface area contributed by atoms with Gasteiger partial charge in [0.1, 0.15) is 5.69 Å². The molecule has 1 aromatic heterocycles. The number of rotatable bonds is 5. The quantitative estimate of drug-likeness (QED) is 0.887. The van der Waals surface area contributed by atoms with Gasteiger partial charge in [-0.15, -0.1) is 0 Å². The van der Waals surface area contributed by atoms with Crippen LogP contribution in [0.15, 0.2) is 29.3 Å². The lowest BCUT2D eigenvalue weighted by atomic mass is 10.3. The van der Waals surface area contributed by atoms with E-state index in [-0.39, 0.29) is 17.5 Å². The van der Waals surface area contributed by atoms with Crippen LogP contribution in [0, 0.1) is 11.6 Å². The lowest BCUT2D eigenvalue weighted by Gasteiger charge is -2.17. The molecule has 0 aliphatic heterocycles. The number of sulfonamides is 1. The second-order valence-electron chi connectivity index (χ2n) is 4.67. The van der Waals surface area contributed by atoms with Gasteiger partial charge in [0.05, 0.1) is 18.2 Å². The molecule has 7 nitrogen and oxygen atoms in total. The van der Waals surface area contributed by atoms with Gasteiger partial charge in [0.25, 0.3) is 10.0 Å². The second-order valence-corrected chi connectivity index (χ2v) is 6.35. The van der Waals surface area contributed by atoms with Crippen molar-refractivity contribution < 1.29 is 21.9 Å². The molecule has 0 saturated heterocycles.